The van der Waals surface area contributed by atoms with Crippen molar-refractivity contribution in [1.29, 1.82) is 0 Å². The highest BCUT2D eigenvalue weighted by atomic mass is 35.5. The Morgan fingerprint density at radius 3 is 2.67 bits per heavy atom. The second kappa shape index (κ2) is 7.01. The summed E-state index contributed by atoms with van der Waals surface area (Å²) in [5.41, 5.74) is -0.905. The first-order valence-electron chi connectivity index (χ1n) is 7.54. The van der Waals surface area contributed by atoms with Gasteiger partial charge in [-0.3, -0.25) is 9.59 Å². The summed E-state index contributed by atoms with van der Waals surface area (Å²) in [6.07, 6.45) is -4.58. The van der Waals surface area contributed by atoms with Crippen molar-refractivity contribution in [3.63, 3.8) is 0 Å². The highest BCUT2D eigenvalue weighted by Crippen LogP contribution is 2.37. The molecule has 2 rings (SSSR count). The molecule has 1 atom stereocenters. The number of hydrogen-bond acceptors (Lipinski definition) is 2. The number of halogens is 4. The van der Waals surface area contributed by atoms with Crippen LogP contribution >= 0.6 is 11.6 Å². The van der Waals surface area contributed by atoms with Crippen LogP contribution in [0.15, 0.2) is 18.2 Å². The molecule has 1 aromatic carbocycles. The minimum Gasteiger partial charge on any atom is -0.356 e. The summed E-state index contributed by atoms with van der Waals surface area (Å²) in [6, 6.07) is 2.81. The summed E-state index contributed by atoms with van der Waals surface area (Å²) >= 11 is 5.96. The fourth-order valence-electron chi connectivity index (χ4n) is 2.46. The minimum atomic E-state index is -4.53. The van der Waals surface area contributed by atoms with Crippen LogP contribution in [0.5, 0.6) is 0 Å². The SMILES string of the molecule is CC(C)CNC(=O)C1CC(=O)N(c2cc(C(F)(F)F)ccc2Cl)C1. The Bertz CT molecular complexity index is 647. The van der Waals surface area contributed by atoms with Crippen LogP contribution in [0.3, 0.4) is 0 Å². The van der Waals surface area contributed by atoms with Crippen LogP contribution in [-0.4, -0.2) is 24.9 Å². The normalized spacial score (nSPS) is 18.4. The van der Waals surface area contributed by atoms with Gasteiger partial charge in [0.25, 0.3) is 0 Å². The Morgan fingerprint density at radius 1 is 1.42 bits per heavy atom. The number of carbonyl (C=O) groups excluding carboxylic acids is 2. The number of nitrogens with zero attached hydrogens (tertiary/aromatic N) is 1. The fraction of sp³-hybridized carbons (Fsp3) is 0.500. The quantitative estimate of drug-likeness (QED) is 0.891. The number of carbonyl (C=O) groups is 2. The lowest BCUT2D eigenvalue weighted by Crippen LogP contribution is -2.35. The fourth-order valence-corrected chi connectivity index (χ4v) is 2.68. The molecule has 1 fully saturated rings. The van der Waals surface area contributed by atoms with Crippen LogP contribution in [0.25, 0.3) is 0 Å². The Hall–Kier alpha value is -1.76. The number of hydrogen-bond donors (Lipinski definition) is 1. The lowest BCUT2D eigenvalue weighted by atomic mass is 10.1. The smallest absolute Gasteiger partial charge is 0.356 e. The molecule has 1 N–H and O–H groups in total. The highest BCUT2D eigenvalue weighted by Gasteiger charge is 2.37. The van der Waals surface area contributed by atoms with E-state index in [0.717, 1.165) is 23.1 Å². The molecule has 24 heavy (non-hydrogen) atoms. The predicted molar refractivity (Wildman–Crippen MR) is 84.8 cm³/mol. The Kier molecular flexibility index (Phi) is 5.42. The average Bonchev–Trinajstić information content (AvgIpc) is 2.86. The molecule has 1 aromatic rings. The molecule has 2 amide bonds. The number of anilines is 1. The Morgan fingerprint density at radius 2 is 2.08 bits per heavy atom. The van der Waals surface area contributed by atoms with Crippen molar-refractivity contribution >= 4 is 29.1 Å². The number of rotatable bonds is 4. The molecule has 0 radical (unpaired) electrons. The Labute approximate surface area is 143 Å². The van der Waals surface area contributed by atoms with Crippen LogP contribution < -0.4 is 10.2 Å². The van der Waals surface area contributed by atoms with Crippen molar-refractivity contribution in [2.75, 3.05) is 18.0 Å². The van der Waals surface area contributed by atoms with Gasteiger partial charge < -0.3 is 10.2 Å². The second-order valence-electron chi connectivity index (χ2n) is 6.21. The third-order valence-electron chi connectivity index (χ3n) is 3.74. The highest BCUT2D eigenvalue weighted by molar-refractivity contribution is 6.34. The maximum absolute atomic E-state index is 12.9. The van der Waals surface area contributed by atoms with E-state index in [1.165, 1.54) is 0 Å². The summed E-state index contributed by atoms with van der Waals surface area (Å²) in [4.78, 5) is 25.4. The zero-order chi connectivity index (χ0) is 18.1. The molecule has 0 aromatic heterocycles. The maximum atomic E-state index is 12.9. The van der Waals surface area contributed by atoms with Crippen LogP contribution in [0, 0.1) is 11.8 Å². The number of nitrogens with one attached hydrogen (secondary N) is 1. The van der Waals surface area contributed by atoms with E-state index >= 15 is 0 Å². The van der Waals surface area contributed by atoms with E-state index < -0.39 is 23.6 Å². The van der Waals surface area contributed by atoms with E-state index in [0.29, 0.717) is 6.54 Å². The summed E-state index contributed by atoms with van der Waals surface area (Å²) in [5.74, 6) is -1.02. The molecular weight excluding hydrogens is 345 g/mol. The van der Waals surface area contributed by atoms with Crippen LogP contribution in [0.4, 0.5) is 18.9 Å². The van der Waals surface area contributed by atoms with E-state index in [1.54, 1.807) is 0 Å². The molecule has 132 valence electrons. The van der Waals surface area contributed by atoms with E-state index in [9.17, 15) is 22.8 Å². The average molecular weight is 363 g/mol. The number of alkyl halides is 3. The molecule has 1 saturated heterocycles. The third kappa shape index (κ3) is 4.20. The van der Waals surface area contributed by atoms with Gasteiger partial charge in [-0.2, -0.15) is 13.2 Å². The van der Waals surface area contributed by atoms with Crippen molar-refractivity contribution in [3.8, 4) is 0 Å². The molecule has 4 nitrogen and oxygen atoms in total. The largest absolute Gasteiger partial charge is 0.416 e. The van der Waals surface area contributed by atoms with Gasteiger partial charge in [0.2, 0.25) is 11.8 Å². The zero-order valence-electron chi connectivity index (χ0n) is 13.3. The predicted octanol–water partition coefficient (Wildman–Crippen LogP) is 3.48. The maximum Gasteiger partial charge on any atom is 0.416 e. The summed E-state index contributed by atoms with van der Waals surface area (Å²) < 4.78 is 38.6. The molecule has 0 saturated carbocycles. The minimum absolute atomic E-state index is 0.0177. The van der Waals surface area contributed by atoms with Gasteiger partial charge in [-0.1, -0.05) is 25.4 Å². The van der Waals surface area contributed by atoms with E-state index in [-0.39, 0.29) is 35.5 Å². The van der Waals surface area contributed by atoms with Gasteiger partial charge in [0.05, 0.1) is 22.2 Å². The number of amides is 2. The van der Waals surface area contributed by atoms with Gasteiger partial charge in [-0.05, 0) is 24.1 Å². The van der Waals surface area contributed by atoms with Crippen LogP contribution in [0.1, 0.15) is 25.8 Å². The van der Waals surface area contributed by atoms with Gasteiger partial charge in [-0.15, -0.1) is 0 Å². The van der Waals surface area contributed by atoms with Crippen molar-refractivity contribution in [3.05, 3.63) is 28.8 Å². The lowest BCUT2D eigenvalue weighted by Gasteiger charge is -2.20. The molecule has 0 bridgehead atoms. The Balaban J connectivity index is 2.18. The van der Waals surface area contributed by atoms with Gasteiger partial charge >= 0.3 is 6.18 Å². The van der Waals surface area contributed by atoms with Crippen molar-refractivity contribution in [2.45, 2.75) is 26.4 Å². The van der Waals surface area contributed by atoms with E-state index in [2.05, 4.69) is 5.32 Å². The molecule has 0 aliphatic carbocycles. The van der Waals surface area contributed by atoms with Crippen molar-refractivity contribution in [2.24, 2.45) is 11.8 Å². The zero-order valence-corrected chi connectivity index (χ0v) is 14.0. The van der Waals surface area contributed by atoms with Gasteiger partial charge in [0.15, 0.2) is 0 Å². The van der Waals surface area contributed by atoms with Crippen LogP contribution in [0.2, 0.25) is 5.02 Å². The second-order valence-corrected chi connectivity index (χ2v) is 6.62. The van der Waals surface area contributed by atoms with Crippen molar-refractivity contribution in [1.82, 2.24) is 5.32 Å². The first-order valence-corrected chi connectivity index (χ1v) is 7.92. The van der Waals surface area contributed by atoms with Crippen molar-refractivity contribution < 1.29 is 22.8 Å². The van der Waals surface area contributed by atoms with E-state index in [1.807, 2.05) is 13.8 Å². The molecule has 1 heterocycles. The monoisotopic (exact) mass is 362 g/mol. The van der Waals surface area contributed by atoms with Gasteiger partial charge in [-0.25, -0.2) is 0 Å². The van der Waals surface area contributed by atoms with E-state index in [4.69, 9.17) is 11.6 Å². The topological polar surface area (TPSA) is 49.4 Å². The standard InChI is InChI=1S/C16H18ClF3N2O2/c1-9(2)7-21-15(24)10-5-14(23)22(8-10)13-6-11(16(18,19)20)3-4-12(13)17/h3-4,6,9-10H,5,7-8H2,1-2H3,(H,21,24). The summed E-state index contributed by atoms with van der Waals surface area (Å²) in [6.45, 7) is 4.38. The molecule has 8 heteroatoms. The van der Waals surface area contributed by atoms with Crippen LogP contribution in [-0.2, 0) is 15.8 Å². The first-order chi connectivity index (χ1) is 11.1. The molecule has 1 aliphatic heterocycles. The molecule has 0 spiro atoms. The van der Waals surface area contributed by atoms with Gasteiger partial charge in [0.1, 0.15) is 0 Å². The molecular formula is C16H18ClF3N2O2. The molecule has 1 aliphatic rings. The summed E-state index contributed by atoms with van der Waals surface area (Å²) in [7, 11) is 0. The summed E-state index contributed by atoms with van der Waals surface area (Å²) in [5, 5.41) is 2.78. The van der Waals surface area contributed by atoms with Gasteiger partial charge in [0, 0.05) is 19.5 Å². The lowest BCUT2D eigenvalue weighted by molar-refractivity contribution is -0.137. The first kappa shape index (κ1) is 18.6. The molecule has 1 unspecified atom stereocenters. The number of benzene rings is 1. The third-order valence-corrected chi connectivity index (χ3v) is 4.06.